The van der Waals surface area contributed by atoms with Crippen molar-refractivity contribution in [2.75, 3.05) is 7.18 Å². The Morgan fingerprint density at radius 2 is 1.50 bits per heavy atom. The molecule has 0 fully saturated rings. The molecule has 0 heterocycles. The van der Waals surface area contributed by atoms with Gasteiger partial charge in [-0.25, -0.2) is 5.26 Å². The predicted octanol–water partition coefficient (Wildman–Crippen LogP) is 0.725. The van der Waals surface area contributed by atoms with Crippen LogP contribution in [-0.2, 0) is 0 Å². The molecule has 0 unspecified atom stereocenters. The van der Waals surface area contributed by atoms with Crippen molar-refractivity contribution >= 4 is 0 Å². The van der Waals surface area contributed by atoms with Gasteiger partial charge in [-0.15, -0.1) is 0 Å². The van der Waals surface area contributed by atoms with Gasteiger partial charge in [-0.1, -0.05) is 0 Å². The minimum absolute atomic E-state index is 0.500. The summed E-state index contributed by atoms with van der Waals surface area (Å²) in [4.78, 5) is 0. The highest BCUT2D eigenvalue weighted by Gasteiger charge is 0.926. The summed E-state index contributed by atoms with van der Waals surface area (Å²) in [5.74, 6) is 0. The van der Waals surface area contributed by atoms with Crippen LogP contribution in [0.5, 0.6) is 0 Å². The quantitative estimate of drug-likeness (QED) is 0.405. The third-order valence-corrected chi connectivity index (χ3v) is 0. The molecule has 24 valence electrons. The summed E-state index contributed by atoms with van der Waals surface area (Å²) in [6, 6.07) is 0. The van der Waals surface area contributed by atoms with Crippen molar-refractivity contribution in [1.82, 2.24) is 0 Å². The van der Waals surface area contributed by atoms with E-state index in [1.807, 2.05) is 0 Å². The van der Waals surface area contributed by atoms with Gasteiger partial charge in [-0.05, 0) is 0 Å². The predicted molar refractivity (Wildman–Crippen MR) is 13.7 cm³/mol. The summed E-state index contributed by atoms with van der Waals surface area (Å²) in [5, 5.41) is 6.50. The molecule has 0 N–H and O–H groups in total. The summed E-state index contributed by atoms with van der Waals surface area (Å²) in [6.07, 6.45) is 0. The van der Waals surface area contributed by atoms with Crippen molar-refractivity contribution < 1.29 is 4.39 Å². The second kappa shape index (κ2) is 14.5. The SMILES string of the molecule is C#N.CF. The summed E-state index contributed by atoms with van der Waals surface area (Å²) in [7, 11) is 0.500. The third-order valence-electron chi connectivity index (χ3n) is 0. The molecule has 0 aromatic heterocycles. The lowest BCUT2D eigenvalue weighted by Crippen LogP contribution is -0.939. The normalized spacial score (nSPS) is 2.00. The molecular weight excluding hydrogens is 57.0 g/mol. The first-order valence-electron chi connectivity index (χ1n) is 0.636. The maximum absolute atomic E-state index is 9.50. The second-order valence-corrected chi connectivity index (χ2v) is 0. The number of hydrogen-bond acceptors (Lipinski definition) is 1. The molecule has 0 saturated heterocycles. The highest BCUT2D eigenvalue weighted by molar-refractivity contribution is 4.03. The zero-order valence-corrected chi connectivity index (χ0v) is 2.40. The van der Waals surface area contributed by atoms with Gasteiger partial charge in [0.25, 0.3) is 0 Å². The van der Waals surface area contributed by atoms with Gasteiger partial charge in [0.15, 0.2) is 0 Å². The Kier molecular flexibility index (Phi) is 36.0. The largest absolute Gasteiger partial charge is 0.255 e. The molecule has 0 rings (SSSR count). The number of rotatable bonds is 0. The zero-order valence-electron chi connectivity index (χ0n) is 2.40. The number of halogens is 1. The number of nitrogens with zero attached hydrogens (tertiary/aromatic N) is 1. The van der Waals surface area contributed by atoms with Gasteiger partial charge >= 0.3 is 0 Å². The van der Waals surface area contributed by atoms with Crippen molar-refractivity contribution in [1.29, 1.82) is 5.26 Å². The van der Waals surface area contributed by atoms with Crippen LogP contribution in [0.4, 0.5) is 4.39 Å². The molecule has 0 aliphatic carbocycles. The Morgan fingerprint density at radius 3 is 1.50 bits per heavy atom. The van der Waals surface area contributed by atoms with E-state index in [1.165, 1.54) is 0 Å². The Balaban J connectivity index is 0. The lowest BCUT2D eigenvalue weighted by molar-refractivity contribution is 0.636. The number of hydrogen-bond donors (Lipinski definition) is 0. The maximum atomic E-state index is 9.50. The van der Waals surface area contributed by atoms with Crippen LogP contribution in [0, 0.1) is 11.8 Å². The van der Waals surface area contributed by atoms with Gasteiger partial charge in [-0.3, -0.25) is 4.39 Å². The van der Waals surface area contributed by atoms with E-state index < -0.39 is 0 Å². The molecular formula is C2H4FN. The molecule has 0 bridgehead atoms. The zero-order chi connectivity index (χ0) is 4.00. The minimum atomic E-state index is 0.500. The molecule has 1 nitrogen and oxygen atoms in total. The summed E-state index contributed by atoms with van der Waals surface area (Å²) < 4.78 is 9.50. The molecule has 0 amide bonds. The van der Waals surface area contributed by atoms with E-state index in [0.29, 0.717) is 7.18 Å². The van der Waals surface area contributed by atoms with Crippen molar-refractivity contribution in [2.45, 2.75) is 0 Å². The van der Waals surface area contributed by atoms with Gasteiger partial charge in [0.2, 0.25) is 0 Å². The fraction of sp³-hybridized carbons (Fsp3) is 0.500. The molecule has 0 aliphatic rings. The summed E-state index contributed by atoms with van der Waals surface area (Å²) in [6.45, 7) is 3.50. The fourth-order valence-electron chi connectivity index (χ4n) is 0. The van der Waals surface area contributed by atoms with Crippen LogP contribution in [0.15, 0.2) is 0 Å². The van der Waals surface area contributed by atoms with E-state index in [0.717, 1.165) is 0 Å². The maximum Gasteiger partial charge on any atom is 0.0785 e. The van der Waals surface area contributed by atoms with Crippen LogP contribution in [0.3, 0.4) is 0 Å². The number of alkyl halides is 1. The first kappa shape index (κ1) is 9.93. The second-order valence-electron chi connectivity index (χ2n) is 0. The fourth-order valence-corrected chi connectivity index (χ4v) is 0. The van der Waals surface area contributed by atoms with Crippen LogP contribution in [0.1, 0.15) is 0 Å². The van der Waals surface area contributed by atoms with E-state index in [2.05, 4.69) is 6.57 Å². The van der Waals surface area contributed by atoms with Crippen LogP contribution >= 0.6 is 0 Å². The van der Waals surface area contributed by atoms with E-state index >= 15 is 0 Å². The Morgan fingerprint density at radius 1 is 1.50 bits per heavy atom. The highest BCUT2D eigenvalue weighted by Crippen LogP contribution is 1.16. The van der Waals surface area contributed by atoms with E-state index in [4.69, 9.17) is 5.26 Å². The number of nitriles is 1. The van der Waals surface area contributed by atoms with Gasteiger partial charge < -0.3 is 0 Å². The average molecular weight is 61.1 g/mol. The van der Waals surface area contributed by atoms with E-state index in [9.17, 15) is 4.39 Å². The van der Waals surface area contributed by atoms with E-state index in [1.54, 1.807) is 0 Å². The Hall–Kier alpha value is -0.580. The first-order chi connectivity index (χ1) is 2.00. The Bertz CT molecular complexity index is 10.8. The smallest absolute Gasteiger partial charge is 0.0785 e. The van der Waals surface area contributed by atoms with Crippen molar-refractivity contribution in [2.24, 2.45) is 0 Å². The summed E-state index contributed by atoms with van der Waals surface area (Å²) in [5.41, 5.74) is 0. The van der Waals surface area contributed by atoms with Crippen molar-refractivity contribution in [3.05, 3.63) is 0 Å². The van der Waals surface area contributed by atoms with Crippen LogP contribution in [0.2, 0.25) is 0 Å². The molecule has 0 aliphatic heterocycles. The highest BCUT2D eigenvalue weighted by atomic mass is 19.1. The van der Waals surface area contributed by atoms with Crippen LogP contribution in [-0.4, -0.2) is 7.18 Å². The standard InChI is InChI=1S/CH3F.CHN/c2*1-2/h1H3;1H. The lowest BCUT2D eigenvalue weighted by atomic mass is 11.9. The molecule has 0 radical (unpaired) electrons. The summed E-state index contributed by atoms with van der Waals surface area (Å²) >= 11 is 0. The van der Waals surface area contributed by atoms with Gasteiger partial charge in [0.1, 0.15) is 0 Å². The Labute approximate surface area is 24.7 Å². The van der Waals surface area contributed by atoms with Gasteiger partial charge in [-0.2, -0.15) is 0 Å². The monoisotopic (exact) mass is 61.0 g/mol. The lowest BCUT2D eigenvalue weighted by Gasteiger charge is -1.10. The van der Waals surface area contributed by atoms with Crippen molar-refractivity contribution in [3.63, 3.8) is 0 Å². The van der Waals surface area contributed by atoms with Crippen molar-refractivity contribution in [3.8, 4) is 6.57 Å². The average Bonchev–Trinajstić information content (AvgIpc) is 1.50. The molecule has 0 saturated carbocycles. The molecule has 0 atom stereocenters. The third kappa shape index (κ3) is 0.745. The van der Waals surface area contributed by atoms with Gasteiger partial charge in [0, 0.05) is 6.57 Å². The molecule has 0 aromatic carbocycles. The topological polar surface area (TPSA) is 23.8 Å². The first-order valence-corrected chi connectivity index (χ1v) is 0.636. The van der Waals surface area contributed by atoms with Crippen LogP contribution < -0.4 is 0 Å². The minimum Gasteiger partial charge on any atom is -0.255 e. The molecule has 4 heavy (non-hydrogen) atoms. The van der Waals surface area contributed by atoms with Gasteiger partial charge in [0.05, 0.1) is 7.18 Å². The molecule has 2 heteroatoms. The molecule has 0 spiro atoms. The van der Waals surface area contributed by atoms with E-state index in [-0.39, 0.29) is 0 Å². The van der Waals surface area contributed by atoms with Crippen LogP contribution in [0.25, 0.3) is 0 Å². The molecule has 0 aromatic rings.